The minimum Gasteiger partial charge on any atom is -0.463 e. The van der Waals surface area contributed by atoms with Gasteiger partial charge in [0.2, 0.25) is 26.2 Å². The molecule has 0 spiro atoms. The minimum atomic E-state index is -4.67. The standard InChI is InChI=1S/C21H25NO.C18H24N4O18.H2O4S/c1-22-18-12-13-19(22)15-20(14-18)23-21(16-8-4-2-5-9-16)17-10-6-3-7-11-17;23-11(1-5-19(28)29)36-9-10-15(38-12(24)2-6-20(30)31)16(39-13(25)3-7-21(32)33)17(18(27)37-10)40-14(26)4-8-22(34)35;1-5(2,3)4/h2-11,18-21H,12-15H2,1H3;10,15-18,27H,1-9H2;(H2,1,2,3,4). The zero-order valence-corrected chi connectivity index (χ0v) is 37.1. The highest BCUT2D eigenvalue weighted by Crippen LogP contribution is 2.39. The van der Waals surface area contributed by atoms with E-state index in [1.807, 2.05) is 0 Å². The van der Waals surface area contributed by atoms with Crippen molar-refractivity contribution in [2.75, 3.05) is 39.8 Å². The van der Waals surface area contributed by atoms with Crippen LogP contribution in [0.5, 0.6) is 0 Å². The van der Waals surface area contributed by atoms with Gasteiger partial charge in [-0.3, -0.25) is 68.7 Å². The van der Waals surface area contributed by atoms with Crippen LogP contribution in [0.1, 0.15) is 68.6 Å². The maximum atomic E-state index is 12.3. The summed E-state index contributed by atoms with van der Waals surface area (Å²) in [7, 11) is -2.38. The quantitative estimate of drug-likeness (QED) is 0.0523. The number of aliphatic hydroxyl groups excluding tert-OH is 1. The zero-order chi connectivity index (χ0) is 50.6. The van der Waals surface area contributed by atoms with Gasteiger partial charge in [-0.15, -0.1) is 0 Å². The van der Waals surface area contributed by atoms with Gasteiger partial charge in [-0.05, 0) is 43.9 Å². The summed E-state index contributed by atoms with van der Waals surface area (Å²) in [6.45, 7) is -4.46. The molecular weight excluding hydrogens is 939 g/mol. The average molecular weight is 990 g/mol. The Kier molecular flexibility index (Phi) is 22.6. The zero-order valence-electron chi connectivity index (χ0n) is 36.3. The Hall–Kier alpha value is -6.37. The van der Waals surface area contributed by atoms with E-state index in [-0.39, 0.29) is 6.10 Å². The van der Waals surface area contributed by atoms with E-state index in [1.54, 1.807) is 0 Å². The first-order valence-electron chi connectivity index (χ1n) is 20.7. The topological polar surface area (TPSA) is 394 Å². The van der Waals surface area contributed by atoms with Crippen LogP contribution in [-0.4, -0.2) is 160 Å². The number of fused-ring (bicyclic) bond motifs is 2. The molecule has 2 bridgehead atoms. The van der Waals surface area contributed by atoms with Crippen LogP contribution in [0, 0.1) is 40.5 Å². The molecule has 0 aromatic heterocycles. The first-order chi connectivity index (χ1) is 32.0. The van der Waals surface area contributed by atoms with Crippen LogP contribution in [-0.2, 0) is 58.0 Å². The number of rotatable bonds is 21. The molecule has 0 aliphatic carbocycles. The molecule has 2 aromatic rings. The predicted molar refractivity (Wildman–Crippen MR) is 225 cm³/mol. The van der Waals surface area contributed by atoms with Crippen molar-refractivity contribution in [3.63, 3.8) is 0 Å². The summed E-state index contributed by atoms with van der Waals surface area (Å²) >= 11 is 0. The number of carbonyl (C=O) groups excluding carboxylic acids is 4. The molecule has 3 heterocycles. The van der Waals surface area contributed by atoms with E-state index in [4.69, 9.17) is 45.9 Å². The van der Waals surface area contributed by atoms with Gasteiger partial charge in [0, 0.05) is 31.8 Å². The Morgan fingerprint density at radius 3 is 1.43 bits per heavy atom. The second-order valence-corrected chi connectivity index (χ2v) is 16.2. The Morgan fingerprint density at radius 1 is 0.662 bits per heavy atom. The molecule has 0 radical (unpaired) electrons. The van der Waals surface area contributed by atoms with Crippen molar-refractivity contribution in [1.29, 1.82) is 0 Å². The van der Waals surface area contributed by atoms with Crippen molar-refractivity contribution < 1.29 is 89.9 Å². The summed E-state index contributed by atoms with van der Waals surface area (Å²) in [5, 5.41) is 52.7. The first-order valence-corrected chi connectivity index (χ1v) is 22.1. The van der Waals surface area contributed by atoms with Gasteiger partial charge < -0.3 is 38.4 Å². The van der Waals surface area contributed by atoms with E-state index >= 15 is 0 Å². The highest BCUT2D eigenvalue weighted by Gasteiger charge is 2.52. The summed E-state index contributed by atoms with van der Waals surface area (Å²) in [5.41, 5.74) is 2.51. The molecule has 3 aliphatic heterocycles. The smallest absolute Gasteiger partial charge is 0.394 e. The molecule has 28 nitrogen and oxygen atoms in total. The van der Waals surface area contributed by atoms with Crippen molar-refractivity contribution in [1.82, 2.24) is 4.90 Å². The van der Waals surface area contributed by atoms with Crippen LogP contribution in [0.2, 0.25) is 0 Å². The molecule has 3 fully saturated rings. The maximum absolute atomic E-state index is 12.3. The van der Waals surface area contributed by atoms with Gasteiger partial charge >= 0.3 is 34.3 Å². The minimum absolute atomic E-state index is 0.0465. The van der Waals surface area contributed by atoms with Gasteiger partial charge in [0.05, 0.1) is 6.10 Å². The number of esters is 4. The molecule has 5 rings (SSSR count). The van der Waals surface area contributed by atoms with E-state index in [1.165, 1.54) is 36.8 Å². The first kappa shape index (κ1) is 56.0. The van der Waals surface area contributed by atoms with Gasteiger partial charge in [0.25, 0.3) is 0 Å². The highest BCUT2D eigenvalue weighted by atomic mass is 32.3. The van der Waals surface area contributed by atoms with Gasteiger partial charge in [0.1, 0.15) is 44.5 Å². The van der Waals surface area contributed by atoms with Crippen LogP contribution in [0.15, 0.2) is 60.7 Å². The third-order valence-corrected chi connectivity index (χ3v) is 10.4. The lowest BCUT2D eigenvalue weighted by molar-refractivity contribution is -0.479. The monoisotopic (exact) mass is 989 g/mol. The van der Waals surface area contributed by atoms with Crippen LogP contribution in [0.4, 0.5) is 0 Å². The van der Waals surface area contributed by atoms with Crippen LogP contribution in [0.25, 0.3) is 0 Å². The van der Waals surface area contributed by atoms with Crippen molar-refractivity contribution in [3.05, 3.63) is 112 Å². The van der Waals surface area contributed by atoms with Crippen molar-refractivity contribution in [2.24, 2.45) is 0 Å². The van der Waals surface area contributed by atoms with E-state index in [0.717, 1.165) is 0 Å². The van der Waals surface area contributed by atoms with Crippen molar-refractivity contribution >= 4 is 34.3 Å². The number of ether oxygens (including phenoxy) is 6. The Morgan fingerprint density at radius 2 is 1.03 bits per heavy atom. The molecule has 2 aromatic carbocycles. The number of nitro groups is 4. The Balaban J connectivity index is 0.000000362. The molecular formula is C39H51N5O23S. The molecule has 3 saturated heterocycles. The van der Waals surface area contributed by atoms with Crippen LogP contribution >= 0.6 is 0 Å². The summed E-state index contributed by atoms with van der Waals surface area (Å²) in [4.78, 5) is 89.8. The predicted octanol–water partition coefficient (Wildman–Crippen LogP) is 1.41. The Labute approximate surface area is 386 Å². The van der Waals surface area contributed by atoms with Gasteiger partial charge in [0.15, 0.2) is 24.6 Å². The summed E-state index contributed by atoms with van der Waals surface area (Å²) in [6.07, 6.45) is -7.75. The molecule has 29 heteroatoms. The van der Waals surface area contributed by atoms with Gasteiger partial charge in [-0.2, -0.15) is 8.42 Å². The molecule has 3 N–H and O–H groups in total. The average Bonchev–Trinajstić information content (AvgIpc) is 3.45. The van der Waals surface area contributed by atoms with E-state index < -0.39 is 143 Å². The molecule has 3 aliphatic rings. The second kappa shape index (κ2) is 27.4. The Bertz CT molecular complexity index is 2080. The lowest BCUT2D eigenvalue weighted by atomic mass is 9.97. The summed E-state index contributed by atoms with van der Waals surface area (Å²) in [6, 6.07) is 22.7. The number of carbonyl (C=O) groups is 4. The summed E-state index contributed by atoms with van der Waals surface area (Å²) < 4.78 is 63.3. The normalized spacial score (nSPS) is 23.0. The third-order valence-electron chi connectivity index (χ3n) is 10.4. The molecule has 0 saturated carbocycles. The van der Waals surface area contributed by atoms with Crippen LogP contribution in [0.3, 0.4) is 0 Å². The number of nitrogens with zero attached hydrogens (tertiary/aromatic N) is 5. The fourth-order valence-corrected chi connectivity index (χ4v) is 7.31. The van der Waals surface area contributed by atoms with Crippen LogP contribution < -0.4 is 0 Å². The number of hydrogen-bond donors (Lipinski definition) is 3. The number of benzene rings is 2. The SMILES string of the molecule is CN1C2CCC1CC(OC(c1ccccc1)c1ccccc1)C2.O=C(CC[N+](=O)[O-])OCC1OC(O)C(OC(=O)CC[N+](=O)[O-])C(OC(=O)CC[N+](=O)[O-])C1OC(=O)CC[N+](=O)[O-].O=S(=O)(O)O. The molecule has 7 atom stereocenters. The molecule has 68 heavy (non-hydrogen) atoms. The largest absolute Gasteiger partial charge is 0.463 e. The van der Waals surface area contributed by atoms with E-state index in [0.29, 0.717) is 18.2 Å². The van der Waals surface area contributed by atoms with Gasteiger partial charge in [-0.25, -0.2) is 0 Å². The summed E-state index contributed by atoms with van der Waals surface area (Å²) in [5.74, 6) is -5.06. The lowest BCUT2D eigenvalue weighted by Gasteiger charge is -2.42. The van der Waals surface area contributed by atoms with Crippen molar-refractivity contribution in [2.45, 2.75) is 106 Å². The number of aliphatic hydroxyl groups is 1. The van der Waals surface area contributed by atoms with Gasteiger partial charge in [-0.1, -0.05) is 60.7 Å². The second-order valence-electron chi connectivity index (χ2n) is 15.3. The molecule has 0 amide bonds. The maximum Gasteiger partial charge on any atom is 0.394 e. The highest BCUT2D eigenvalue weighted by molar-refractivity contribution is 7.79. The third kappa shape index (κ3) is 20.7. The fraction of sp³-hybridized carbons (Fsp3) is 0.590. The number of piperidine rings is 1. The van der Waals surface area contributed by atoms with E-state index in [9.17, 15) is 64.7 Å². The fourth-order valence-electron chi connectivity index (χ4n) is 7.31. The molecule has 7 unspecified atom stereocenters. The van der Waals surface area contributed by atoms with Crippen molar-refractivity contribution in [3.8, 4) is 0 Å². The lowest BCUT2D eigenvalue weighted by Crippen LogP contribution is -2.62. The molecule has 376 valence electrons. The van der Waals surface area contributed by atoms with E-state index in [2.05, 4.69) is 72.6 Å². The number of hydrogen-bond acceptors (Lipinski definition) is 22.